The molecule has 5 rings (SSSR count). The van der Waals surface area contributed by atoms with Crippen LogP contribution < -0.4 is 5.32 Å². The molecule has 1 aromatic carbocycles. The number of carbonyl (C=O) groups excluding carboxylic acids is 1. The molecule has 0 aliphatic carbocycles. The minimum absolute atomic E-state index is 0.0586. The predicted molar refractivity (Wildman–Crippen MR) is 110 cm³/mol. The molecular formula is C22H18F3N3O5. The van der Waals surface area contributed by atoms with Crippen molar-refractivity contribution in [3.05, 3.63) is 59.4 Å². The zero-order valence-corrected chi connectivity index (χ0v) is 16.9. The van der Waals surface area contributed by atoms with E-state index in [1.165, 1.54) is 4.90 Å². The van der Waals surface area contributed by atoms with Crippen LogP contribution in [0.5, 0.6) is 0 Å². The van der Waals surface area contributed by atoms with E-state index in [1.807, 2.05) is 42.5 Å². The van der Waals surface area contributed by atoms with E-state index in [4.69, 9.17) is 9.90 Å². The number of carbonyl (C=O) groups is 3. The molecule has 0 radical (unpaired) electrons. The SMILES string of the molecule is O=C(O)C(F)(F)F.O=C(O)C1=C(/C=C/c2cnc3ccccc3c2)C2CCN[C@@H]3C(=O)N1[C@H]23. The number of alkyl halides is 3. The summed E-state index contributed by atoms with van der Waals surface area (Å²) in [5.41, 5.74) is 2.71. The van der Waals surface area contributed by atoms with Crippen molar-refractivity contribution in [1.82, 2.24) is 15.2 Å². The summed E-state index contributed by atoms with van der Waals surface area (Å²) in [6.45, 7) is 0.729. The van der Waals surface area contributed by atoms with Gasteiger partial charge in [0.05, 0.1) is 11.6 Å². The lowest BCUT2D eigenvalue weighted by molar-refractivity contribution is -0.192. The quantitative estimate of drug-likeness (QED) is 0.601. The predicted octanol–water partition coefficient (Wildman–Crippen LogP) is 2.42. The number of aliphatic carboxylic acids is 2. The van der Waals surface area contributed by atoms with E-state index in [2.05, 4.69) is 10.3 Å². The fourth-order valence-electron chi connectivity index (χ4n) is 4.40. The monoisotopic (exact) mass is 461 g/mol. The number of hydrogen-bond donors (Lipinski definition) is 3. The molecule has 1 unspecified atom stereocenters. The summed E-state index contributed by atoms with van der Waals surface area (Å²) < 4.78 is 31.7. The van der Waals surface area contributed by atoms with E-state index in [0.717, 1.165) is 35.0 Å². The van der Waals surface area contributed by atoms with Gasteiger partial charge in [-0.25, -0.2) is 9.59 Å². The van der Waals surface area contributed by atoms with Gasteiger partial charge in [0.2, 0.25) is 5.91 Å². The van der Waals surface area contributed by atoms with Crippen molar-refractivity contribution in [1.29, 1.82) is 0 Å². The summed E-state index contributed by atoms with van der Waals surface area (Å²) in [4.78, 5) is 38.9. The van der Waals surface area contributed by atoms with Crippen molar-refractivity contribution in [3.8, 4) is 0 Å². The lowest BCUT2D eigenvalue weighted by Gasteiger charge is -2.48. The second-order valence-corrected chi connectivity index (χ2v) is 7.73. The van der Waals surface area contributed by atoms with Gasteiger partial charge in [-0.15, -0.1) is 0 Å². The molecule has 172 valence electrons. The Morgan fingerprint density at radius 2 is 1.88 bits per heavy atom. The summed E-state index contributed by atoms with van der Waals surface area (Å²) in [5, 5.41) is 21.0. The third-order valence-corrected chi connectivity index (χ3v) is 5.80. The number of fused-ring (bicyclic) bond motifs is 1. The number of halogens is 3. The molecule has 3 aliphatic rings. The van der Waals surface area contributed by atoms with Crippen LogP contribution in [0.4, 0.5) is 13.2 Å². The number of nitrogens with zero attached hydrogens (tertiary/aromatic N) is 2. The lowest BCUT2D eigenvalue weighted by Crippen LogP contribution is -2.71. The fraction of sp³-hybridized carbons (Fsp3) is 0.273. The zero-order valence-electron chi connectivity index (χ0n) is 16.9. The summed E-state index contributed by atoms with van der Waals surface area (Å²) in [6.07, 6.45) is 1.27. The van der Waals surface area contributed by atoms with Gasteiger partial charge in [-0.1, -0.05) is 30.4 Å². The number of β-lactam (4-membered cyclic amide) rings is 1. The number of carboxylic acids is 2. The highest BCUT2D eigenvalue weighted by Gasteiger charge is 2.60. The number of nitrogens with one attached hydrogen (secondary N) is 1. The van der Waals surface area contributed by atoms with Crippen molar-refractivity contribution in [3.63, 3.8) is 0 Å². The second-order valence-electron chi connectivity index (χ2n) is 7.73. The molecule has 4 heterocycles. The first-order chi connectivity index (χ1) is 15.6. The number of piperidine rings is 1. The van der Waals surface area contributed by atoms with Crippen molar-refractivity contribution < 1.29 is 37.8 Å². The lowest BCUT2D eigenvalue weighted by atomic mass is 9.79. The molecule has 0 bridgehead atoms. The normalized spacial score (nSPS) is 23.8. The van der Waals surface area contributed by atoms with Crippen molar-refractivity contribution in [2.75, 3.05) is 6.54 Å². The van der Waals surface area contributed by atoms with Crippen LogP contribution in [-0.4, -0.2) is 62.7 Å². The zero-order chi connectivity index (χ0) is 23.9. The van der Waals surface area contributed by atoms with Crippen LogP contribution in [0.1, 0.15) is 12.0 Å². The molecular weight excluding hydrogens is 443 g/mol. The standard InChI is InChI=1S/C20H17N3O3.C2HF3O2/c24-19-16-17-14(7-8-21-16)13(18(20(25)26)23(17)19)6-5-11-9-12-3-1-2-4-15(12)22-10-11;3-2(4,5)1(6)7/h1-6,9-10,14,16-17,21H,7-8H2,(H,25,26);(H,6,7)/b6-5+;/t14?,16-,17+;/m0./s1. The van der Waals surface area contributed by atoms with E-state index >= 15 is 0 Å². The molecule has 0 saturated carbocycles. The third-order valence-electron chi connectivity index (χ3n) is 5.80. The number of rotatable bonds is 3. The highest BCUT2D eigenvalue weighted by Crippen LogP contribution is 2.46. The molecule has 3 atom stereocenters. The molecule has 3 aliphatic heterocycles. The fourth-order valence-corrected chi connectivity index (χ4v) is 4.40. The van der Waals surface area contributed by atoms with Gasteiger partial charge < -0.3 is 15.5 Å². The summed E-state index contributed by atoms with van der Waals surface area (Å²) in [5.74, 6) is -3.85. The molecule has 2 saturated heterocycles. The molecule has 8 nitrogen and oxygen atoms in total. The number of aromatic nitrogens is 1. The molecule has 1 amide bonds. The van der Waals surface area contributed by atoms with Crippen molar-refractivity contribution in [2.24, 2.45) is 5.92 Å². The Kier molecular flexibility index (Phi) is 5.66. The van der Waals surface area contributed by atoms with E-state index < -0.39 is 18.1 Å². The summed E-state index contributed by atoms with van der Waals surface area (Å²) in [7, 11) is 0. The van der Waals surface area contributed by atoms with Gasteiger partial charge in [-0.05, 0) is 36.2 Å². The number of benzene rings is 1. The van der Waals surface area contributed by atoms with Crippen LogP contribution in [0.25, 0.3) is 17.0 Å². The number of amides is 1. The topological polar surface area (TPSA) is 120 Å². The molecule has 2 aromatic rings. The number of carboxylic acid groups (broad SMARTS) is 2. The van der Waals surface area contributed by atoms with Crippen LogP contribution in [0.2, 0.25) is 0 Å². The van der Waals surface area contributed by atoms with Crippen LogP contribution in [0, 0.1) is 5.92 Å². The van der Waals surface area contributed by atoms with Crippen molar-refractivity contribution in [2.45, 2.75) is 24.7 Å². The number of hydrogen-bond acceptors (Lipinski definition) is 5. The number of para-hydroxylation sites is 1. The molecule has 1 aromatic heterocycles. The van der Waals surface area contributed by atoms with Crippen LogP contribution in [0.3, 0.4) is 0 Å². The highest BCUT2D eigenvalue weighted by atomic mass is 19.4. The first-order valence-electron chi connectivity index (χ1n) is 9.96. The Hall–Kier alpha value is -3.73. The van der Waals surface area contributed by atoms with E-state index in [1.54, 1.807) is 6.20 Å². The average Bonchev–Trinajstić information content (AvgIpc) is 3.10. The molecule has 11 heteroatoms. The van der Waals surface area contributed by atoms with Crippen molar-refractivity contribution >= 4 is 34.8 Å². The van der Waals surface area contributed by atoms with Gasteiger partial charge in [-0.3, -0.25) is 14.7 Å². The van der Waals surface area contributed by atoms with Gasteiger partial charge in [0, 0.05) is 17.5 Å². The maximum Gasteiger partial charge on any atom is 0.490 e. The molecule has 33 heavy (non-hydrogen) atoms. The Labute approximate surface area is 185 Å². The van der Waals surface area contributed by atoms with Gasteiger partial charge in [0.25, 0.3) is 0 Å². The summed E-state index contributed by atoms with van der Waals surface area (Å²) in [6, 6.07) is 9.59. The van der Waals surface area contributed by atoms with E-state index in [0.29, 0.717) is 0 Å². The van der Waals surface area contributed by atoms with Gasteiger partial charge in [0.15, 0.2) is 0 Å². The first kappa shape index (κ1) is 22.5. The molecule has 2 fully saturated rings. The van der Waals surface area contributed by atoms with Crippen LogP contribution in [-0.2, 0) is 14.4 Å². The Morgan fingerprint density at radius 3 is 2.55 bits per heavy atom. The largest absolute Gasteiger partial charge is 0.490 e. The number of pyridine rings is 1. The van der Waals surface area contributed by atoms with Gasteiger partial charge >= 0.3 is 18.1 Å². The Bertz CT molecular complexity index is 1210. The Morgan fingerprint density at radius 1 is 1.18 bits per heavy atom. The Balaban J connectivity index is 0.000000325. The maximum atomic E-state index is 12.3. The number of allylic oxidation sites excluding steroid dienone is 1. The van der Waals surface area contributed by atoms with Crippen LogP contribution >= 0.6 is 0 Å². The van der Waals surface area contributed by atoms with Gasteiger partial charge in [0.1, 0.15) is 11.7 Å². The van der Waals surface area contributed by atoms with E-state index in [-0.39, 0.29) is 29.6 Å². The highest BCUT2D eigenvalue weighted by molar-refractivity contribution is 6.02. The minimum Gasteiger partial charge on any atom is -0.477 e. The maximum absolute atomic E-state index is 12.3. The summed E-state index contributed by atoms with van der Waals surface area (Å²) >= 11 is 0. The van der Waals surface area contributed by atoms with Gasteiger partial charge in [-0.2, -0.15) is 13.2 Å². The van der Waals surface area contributed by atoms with E-state index in [9.17, 15) is 27.9 Å². The molecule has 0 spiro atoms. The second kappa shape index (κ2) is 8.32. The average molecular weight is 461 g/mol. The smallest absolute Gasteiger partial charge is 0.477 e. The molecule has 3 N–H and O–H groups in total. The van der Waals surface area contributed by atoms with Crippen LogP contribution in [0.15, 0.2) is 53.9 Å². The third kappa shape index (κ3) is 4.07. The first-order valence-corrected chi connectivity index (χ1v) is 9.96. The minimum atomic E-state index is -5.08.